The fourth-order valence-corrected chi connectivity index (χ4v) is 2.02. The zero-order valence-electron chi connectivity index (χ0n) is 8.31. The number of likely N-dealkylation sites (tertiary alicyclic amines) is 1. The highest BCUT2D eigenvalue weighted by molar-refractivity contribution is 9.09. The van der Waals surface area contributed by atoms with Gasteiger partial charge in [0.2, 0.25) is 0 Å². The van der Waals surface area contributed by atoms with Crippen molar-refractivity contribution in [2.24, 2.45) is 5.92 Å². The van der Waals surface area contributed by atoms with Gasteiger partial charge in [-0.25, -0.2) is 4.39 Å². The second kappa shape index (κ2) is 5.97. The smallest absolute Gasteiger partial charge is 0.113 e. The fraction of sp³-hybridized carbons (Fsp3) is 1.00. The molecule has 1 aliphatic rings. The number of nitrogens with zero attached hydrogens (tertiary/aromatic N) is 1. The van der Waals surface area contributed by atoms with Gasteiger partial charge in [-0.05, 0) is 31.7 Å². The van der Waals surface area contributed by atoms with E-state index in [9.17, 15) is 4.39 Å². The van der Waals surface area contributed by atoms with Gasteiger partial charge in [0.15, 0.2) is 0 Å². The Morgan fingerprint density at radius 3 is 3.00 bits per heavy atom. The summed E-state index contributed by atoms with van der Waals surface area (Å²) in [7, 11) is 0. The highest BCUT2D eigenvalue weighted by Gasteiger charge is 2.18. The van der Waals surface area contributed by atoms with Crippen molar-refractivity contribution < 1.29 is 4.39 Å². The molecule has 78 valence electrons. The van der Waals surface area contributed by atoms with Crippen LogP contribution in [0.25, 0.3) is 0 Å². The summed E-state index contributed by atoms with van der Waals surface area (Å²) in [5, 5.41) is 1.01. The van der Waals surface area contributed by atoms with Crippen molar-refractivity contribution in [2.45, 2.75) is 32.4 Å². The standard InChI is InChI=1S/C10H19BrFN/c1-9(6-11)7-13-5-3-2-4-10(12)8-13/h9-10H,2-8H2,1H3. The van der Waals surface area contributed by atoms with Gasteiger partial charge in [-0.3, -0.25) is 0 Å². The molecule has 0 aliphatic carbocycles. The molecular formula is C10H19BrFN. The summed E-state index contributed by atoms with van der Waals surface area (Å²) >= 11 is 3.46. The summed E-state index contributed by atoms with van der Waals surface area (Å²) in [6, 6.07) is 0. The molecule has 1 saturated heterocycles. The topological polar surface area (TPSA) is 3.24 Å². The molecule has 0 radical (unpaired) electrons. The van der Waals surface area contributed by atoms with Crippen molar-refractivity contribution in [3.63, 3.8) is 0 Å². The molecule has 0 aromatic carbocycles. The molecule has 0 amide bonds. The van der Waals surface area contributed by atoms with Crippen LogP contribution >= 0.6 is 15.9 Å². The fourth-order valence-electron chi connectivity index (χ4n) is 1.82. The van der Waals surface area contributed by atoms with Crippen molar-refractivity contribution in [2.75, 3.05) is 25.0 Å². The van der Waals surface area contributed by atoms with Crippen LogP contribution in [0.2, 0.25) is 0 Å². The maximum atomic E-state index is 13.2. The average molecular weight is 252 g/mol. The van der Waals surface area contributed by atoms with Gasteiger partial charge >= 0.3 is 0 Å². The number of rotatable bonds is 3. The first-order chi connectivity index (χ1) is 6.22. The van der Waals surface area contributed by atoms with E-state index in [0.29, 0.717) is 12.5 Å². The second-order valence-electron chi connectivity index (χ2n) is 4.11. The Morgan fingerprint density at radius 1 is 1.54 bits per heavy atom. The van der Waals surface area contributed by atoms with E-state index < -0.39 is 6.17 Å². The average Bonchev–Trinajstić information content (AvgIpc) is 2.30. The van der Waals surface area contributed by atoms with Crippen LogP contribution in [0.3, 0.4) is 0 Å². The zero-order valence-corrected chi connectivity index (χ0v) is 9.89. The van der Waals surface area contributed by atoms with E-state index >= 15 is 0 Å². The highest BCUT2D eigenvalue weighted by atomic mass is 79.9. The molecule has 1 nitrogen and oxygen atoms in total. The van der Waals surface area contributed by atoms with E-state index in [-0.39, 0.29) is 0 Å². The van der Waals surface area contributed by atoms with Crippen LogP contribution in [0.4, 0.5) is 4.39 Å². The number of alkyl halides is 2. The highest BCUT2D eigenvalue weighted by Crippen LogP contribution is 2.15. The van der Waals surface area contributed by atoms with Crippen LogP contribution in [0.1, 0.15) is 26.2 Å². The number of hydrogen-bond acceptors (Lipinski definition) is 1. The van der Waals surface area contributed by atoms with Crippen molar-refractivity contribution >= 4 is 15.9 Å². The predicted octanol–water partition coefficient (Wildman–Crippen LogP) is 2.84. The van der Waals surface area contributed by atoms with Crippen molar-refractivity contribution in [1.29, 1.82) is 0 Å². The number of halogens is 2. The molecule has 0 N–H and O–H groups in total. The molecule has 0 aromatic rings. The Labute approximate surface area is 88.8 Å². The molecule has 0 bridgehead atoms. The van der Waals surface area contributed by atoms with E-state index in [0.717, 1.165) is 37.7 Å². The van der Waals surface area contributed by atoms with Gasteiger partial charge in [0, 0.05) is 18.4 Å². The third-order valence-electron chi connectivity index (χ3n) is 2.53. The largest absolute Gasteiger partial charge is 0.300 e. The minimum Gasteiger partial charge on any atom is -0.300 e. The molecule has 0 spiro atoms. The van der Waals surface area contributed by atoms with E-state index in [4.69, 9.17) is 0 Å². The third kappa shape index (κ3) is 4.41. The minimum atomic E-state index is -0.593. The molecule has 1 fully saturated rings. The van der Waals surface area contributed by atoms with Crippen LogP contribution in [0, 0.1) is 5.92 Å². The molecule has 1 heterocycles. The van der Waals surface area contributed by atoms with Gasteiger partial charge in [-0.2, -0.15) is 0 Å². The molecule has 1 aliphatic heterocycles. The summed E-state index contributed by atoms with van der Waals surface area (Å²) in [5.41, 5.74) is 0. The summed E-state index contributed by atoms with van der Waals surface area (Å²) in [6.07, 6.45) is 2.39. The quantitative estimate of drug-likeness (QED) is 0.698. The normalized spacial score (nSPS) is 28.4. The second-order valence-corrected chi connectivity index (χ2v) is 4.76. The first kappa shape index (κ1) is 11.4. The first-order valence-corrected chi connectivity index (χ1v) is 6.27. The van der Waals surface area contributed by atoms with Crippen LogP contribution in [-0.2, 0) is 0 Å². The van der Waals surface area contributed by atoms with Gasteiger partial charge in [-0.1, -0.05) is 22.9 Å². The van der Waals surface area contributed by atoms with Crippen molar-refractivity contribution in [3.8, 4) is 0 Å². The molecule has 3 heteroatoms. The third-order valence-corrected chi connectivity index (χ3v) is 3.64. The van der Waals surface area contributed by atoms with Gasteiger partial charge in [0.05, 0.1) is 0 Å². The van der Waals surface area contributed by atoms with Crippen LogP contribution in [-0.4, -0.2) is 36.0 Å². The molecule has 0 saturated carbocycles. The summed E-state index contributed by atoms with van der Waals surface area (Å²) in [5.74, 6) is 0.630. The van der Waals surface area contributed by atoms with E-state index in [1.54, 1.807) is 0 Å². The van der Waals surface area contributed by atoms with Crippen molar-refractivity contribution in [3.05, 3.63) is 0 Å². The first-order valence-electron chi connectivity index (χ1n) is 5.14. The lowest BCUT2D eigenvalue weighted by atomic mass is 10.2. The summed E-state index contributed by atoms with van der Waals surface area (Å²) in [6.45, 7) is 4.97. The molecular weight excluding hydrogens is 233 g/mol. The molecule has 2 unspecified atom stereocenters. The Hall–Kier alpha value is 0.370. The Morgan fingerprint density at radius 2 is 2.31 bits per heavy atom. The SMILES string of the molecule is CC(CBr)CN1CCCCC(F)C1. The van der Waals surface area contributed by atoms with Crippen molar-refractivity contribution in [1.82, 2.24) is 4.90 Å². The van der Waals surface area contributed by atoms with E-state index in [1.165, 1.54) is 0 Å². The van der Waals surface area contributed by atoms with Gasteiger partial charge < -0.3 is 4.90 Å². The van der Waals surface area contributed by atoms with Gasteiger partial charge in [0.1, 0.15) is 6.17 Å². The van der Waals surface area contributed by atoms with E-state index in [2.05, 4.69) is 27.8 Å². The molecule has 2 atom stereocenters. The maximum absolute atomic E-state index is 13.2. The Balaban J connectivity index is 2.30. The Kier molecular flexibility index (Phi) is 5.25. The predicted molar refractivity (Wildman–Crippen MR) is 58.1 cm³/mol. The zero-order chi connectivity index (χ0) is 9.68. The monoisotopic (exact) mass is 251 g/mol. The van der Waals surface area contributed by atoms with Crippen LogP contribution in [0.15, 0.2) is 0 Å². The molecule has 13 heavy (non-hydrogen) atoms. The molecule has 0 aromatic heterocycles. The lowest BCUT2D eigenvalue weighted by molar-refractivity contribution is 0.192. The lowest BCUT2D eigenvalue weighted by Crippen LogP contribution is -2.33. The van der Waals surface area contributed by atoms with Gasteiger partial charge in [0.25, 0.3) is 0 Å². The van der Waals surface area contributed by atoms with Crippen LogP contribution in [0.5, 0.6) is 0 Å². The van der Waals surface area contributed by atoms with Gasteiger partial charge in [-0.15, -0.1) is 0 Å². The lowest BCUT2D eigenvalue weighted by Gasteiger charge is -2.23. The van der Waals surface area contributed by atoms with E-state index in [1.807, 2.05) is 0 Å². The summed E-state index contributed by atoms with van der Waals surface area (Å²) in [4.78, 5) is 2.27. The summed E-state index contributed by atoms with van der Waals surface area (Å²) < 4.78 is 13.2. The number of hydrogen-bond donors (Lipinski definition) is 0. The molecule has 1 rings (SSSR count). The Bertz CT molecular complexity index is 143. The minimum absolute atomic E-state index is 0.593. The maximum Gasteiger partial charge on any atom is 0.113 e. The van der Waals surface area contributed by atoms with Crippen LogP contribution < -0.4 is 0 Å².